The Morgan fingerprint density at radius 2 is 1.68 bits per heavy atom. The molecule has 0 aliphatic heterocycles. The molecule has 0 amide bonds. The van der Waals surface area contributed by atoms with Crippen molar-refractivity contribution in [3.8, 4) is 0 Å². The van der Waals surface area contributed by atoms with Crippen molar-refractivity contribution >= 4 is 23.2 Å². The number of ketones is 2. The van der Waals surface area contributed by atoms with Gasteiger partial charge in [0, 0.05) is 36.1 Å². The number of benzene rings is 2. The first-order chi connectivity index (χ1) is 16.2. The lowest BCUT2D eigenvalue weighted by Crippen LogP contribution is -2.24. The summed E-state index contributed by atoms with van der Waals surface area (Å²) in [5.74, 6) is 0.833. The summed E-state index contributed by atoms with van der Waals surface area (Å²) in [5.41, 5.74) is 16.6. The maximum absolute atomic E-state index is 13.1. The smallest absolute Gasteiger partial charge is 0.136 e. The van der Waals surface area contributed by atoms with Crippen LogP contribution in [0.15, 0.2) is 42.5 Å². The molecule has 0 radical (unpaired) electrons. The summed E-state index contributed by atoms with van der Waals surface area (Å²) in [4.78, 5) is 25.1. The zero-order chi connectivity index (χ0) is 25.3. The minimum Gasteiger partial charge on any atom is -0.330 e. The van der Waals surface area contributed by atoms with Crippen LogP contribution in [0.3, 0.4) is 0 Å². The van der Waals surface area contributed by atoms with Crippen molar-refractivity contribution in [1.82, 2.24) is 0 Å². The van der Waals surface area contributed by atoms with E-state index in [9.17, 15) is 9.59 Å². The van der Waals surface area contributed by atoms with E-state index in [0.717, 1.165) is 17.5 Å². The number of rotatable bonds is 14. The molecule has 0 bridgehead atoms. The van der Waals surface area contributed by atoms with Gasteiger partial charge in [-0.2, -0.15) is 0 Å². The van der Waals surface area contributed by atoms with E-state index in [2.05, 4.69) is 32.0 Å². The Hall–Kier alpha value is -2.01. The number of carbonyl (C=O) groups excluding carboxylic acids is 2. The Kier molecular flexibility index (Phi) is 11.4. The molecule has 0 spiro atoms. The standard InChI is InChI=1S/C29H41ClN2O2/c1-5-27(33)15-25(18-32)23-9-10-24(28(16-23)19(2)3)11-20(4)29(34)14-22(17-31)12-21-7-6-8-26(30)13-21/h6-10,13,16,19-20,22,25H,5,11-12,14-15,17-18,31-32H2,1-4H3/t20?,22-,25+/m0/s1. The topological polar surface area (TPSA) is 86.2 Å². The van der Waals surface area contributed by atoms with E-state index in [0.29, 0.717) is 49.7 Å². The van der Waals surface area contributed by atoms with Crippen LogP contribution < -0.4 is 11.5 Å². The third-order valence-electron chi connectivity index (χ3n) is 6.73. The van der Waals surface area contributed by atoms with Gasteiger partial charge in [-0.1, -0.05) is 69.6 Å². The lowest BCUT2D eigenvalue weighted by atomic mass is 9.83. The number of Topliss-reactive ketones (excluding diaryl/α,β-unsaturated/α-hetero) is 2. The second-order valence-electron chi connectivity index (χ2n) is 9.85. The van der Waals surface area contributed by atoms with Crippen molar-refractivity contribution in [1.29, 1.82) is 0 Å². The minimum absolute atomic E-state index is 0.0369. The van der Waals surface area contributed by atoms with Crippen LogP contribution in [0, 0.1) is 11.8 Å². The quantitative estimate of drug-likeness (QED) is 0.353. The van der Waals surface area contributed by atoms with E-state index in [1.165, 1.54) is 11.1 Å². The molecular weight excluding hydrogens is 444 g/mol. The van der Waals surface area contributed by atoms with E-state index in [4.69, 9.17) is 23.1 Å². The predicted molar refractivity (Wildman–Crippen MR) is 142 cm³/mol. The molecule has 3 atom stereocenters. The highest BCUT2D eigenvalue weighted by Crippen LogP contribution is 2.29. The number of carbonyl (C=O) groups is 2. The normalized spacial score (nSPS) is 14.1. The zero-order valence-electron chi connectivity index (χ0n) is 21.1. The molecule has 1 unspecified atom stereocenters. The SMILES string of the molecule is CCC(=O)C[C@H](CN)c1ccc(CC(C)C(=O)C[C@@H](CN)Cc2cccc(Cl)c2)c(C(C)C)c1. The molecule has 2 rings (SSSR count). The molecule has 0 heterocycles. The van der Waals surface area contributed by atoms with Gasteiger partial charge in [0.1, 0.15) is 11.6 Å². The van der Waals surface area contributed by atoms with Gasteiger partial charge in [0.2, 0.25) is 0 Å². The number of nitrogens with two attached hydrogens (primary N) is 2. The summed E-state index contributed by atoms with van der Waals surface area (Å²) in [6.07, 6.45) is 2.92. The van der Waals surface area contributed by atoms with E-state index < -0.39 is 0 Å². The van der Waals surface area contributed by atoms with Gasteiger partial charge in [0.05, 0.1) is 0 Å². The van der Waals surface area contributed by atoms with Gasteiger partial charge in [0.25, 0.3) is 0 Å². The minimum atomic E-state index is -0.0938. The van der Waals surface area contributed by atoms with Crippen molar-refractivity contribution in [3.63, 3.8) is 0 Å². The largest absolute Gasteiger partial charge is 0.330 e. The molecular formula is C29H41ClN2O2. The fourth-order valence-electron chi connectivity index (χ4n) is 4.51. The summed E-state index contributed by atoms with van der Waals surface area (Å²) in [5, 5.41) is 0.702. The highest BCUT2D eigenvalue weighted by Gasteiger charge is 2.22. The molecule has 4 nitrogen and oxygen atoms in total. The van der Waals surface area contributed by atoms with Crippen LogP contribution in [0.25, 0.3) is 0 Å². The van der Waals surface area contributed by atoms with Crippen molar-refractivity contribution in [2.75, 3.05) is 13.1 Å². The molecule has 186 valence electrons. The Labute approximate surface area is 210 Å². The number of hydrogen-bond donors (Lipinski definition) is 2. The van der Waals surface area contributed by atoms with E-state index in [1.807, 2.05) is 38.1 Å². The Balaban J connectivity index is 2.11. The van der Waals surface area contributed by atoms with Crippen LogP contribution in [0.5, 0.6) is 0 Å². The van der Waals surface area contributed by atoms with Gasteiger partial charge in [-0.3, -0.25) is 9.59 Å². The summed E-state index contributed by atoms with van der Waals surface area (Å²) in [6, 6.07) is 14.2. The van der Waals surface area contributed by atoms with Gasteiger partial charge < -0.3 is 11.5 Å². The molecule has 5 heteroatoms. The second-order valence-corrected chi connectivity index (χ2v) is 10.3. The molecule has 0 aliphatic carbocycles. The Bertz CT molecular complexity index is 957. The molecule has 2 aromatic carbocycles. The second kappa shape index (κ2) is 13.8. The summed E-state index contributed by atoms with van der Waals surface area (Å²) >= 11 is 6.11. The first kappa shape index (κ1) is 28.2. The first-order valence-corrected chi connectivity index (χ1v) is 12.9. The van der Waals surface area contributed by atoms with Crippen LogP contribution in [0.4, 0.5) is 0 Å². The lowest BCUT2D eigenvalue weighted by molar-refractivity contribution is -0.123. The fourth-order valence-corrected chi connectivity index (χ4v) is 4.73. The van der Waals surface area contributed by atoms with Crippen LogP contribution in [-0.2, 0) is 22.4 Å². The van der Waals surface area contributed by atoms with Gasteiger partial charge in [-0.15, -0.1) is 0 Å². The maximum Gasteiger partial charge on any atom is 0.136 e. The summed E-state index contributed by atoms with van der Waals surface area (Å²) in [6.45, 7) is 9.15. The molecule has 34 heavy (non-hydrogen) atoms. The third kappa shape index (κ3) is 8.33. The molecule has 0 saturated carbocycles. The molecule has 0 fully saturated rings. The predicted octanol–water partition coefficient (Wildman–Crippen LogP) is 5.83. The molecule has 2 aromatic rings. The van der Waals surface area contributed by atoms with Crippen molar-refractivity contribution in [3.05, 3.63) is 69.7 Å². The zero-order valence-corrected chi connectivity index (χ0v) is 21.9. The molecule has 4 N–H and O–H groups in total. The van der Waals surface area contributed by atoms with Crippen molar-refractivity contribution < 1.29 is 9.59 Å². The monoisotopic (exact) mass is 484 g/mol. The highest BCUT2D eigenvalue weighted by molar-refractivity contribution is 6.30. The third-order valence-corrected chi connectivity index (χ3v) is 6.96. The maximum atomic E-state index is 13.1. The van der Waals surface area contributed by atoms with Gasteiger partial charge >= 0.3 is 0 Å². The van der Waals surface area contributed by atoms with Crippen molar-refractivity contribution in [2.45, 2.75) is 71.6 Å². The highest BCUT2D eigenvalue weighted by atomic mass is 35.5. The average molecular weight is 485 g/mol. The number of halogens is 1. The van der Waals surface area contributed by atoms with E-state index in [-0.39, 0.29) is 29.3 Å². The molecule has 0 aliphatic rings. The average Bonchev–Trinajstić information content (AvgIpc) is 2.81. The van der Waals surface area contributed by atoms with Crippen LogP contribution in [0.2, 0.25) is 5.02 Å². The number of hydrogen-bond acceptors (Lipinski definition) is 4. The Morgan fingerprint density at radius 1 is 0.941 bits per heavy atom. The van der Waals surface area contributed by atoms with Gasteiger partial charge in [-0.25, -0.2) is 0 Å². The van der Waals surface area contributed by atoms with E-state index >= 15 is 0 Å². The van der Waals surface area contributed by atoms with E-state index in [1.54, 1.807) is 0 Å². The fraction of sp³-hybridized carbons (Fsp3) is 0.517. The Morgan fingerprint density at radius 3 is 2.26 bits per heavy atom. The molecule has 0 aromatic heterocycles. The van der Waals surface area contributed by atoms with Crippen LogP contribution >= 0.6 is 11.6 Å². The molecule has 0 saturated heterocycles. The van der Waals surface area contributed by atoms with Gasteiger partial charge in [0.15, 0.2) is 0 Å². The summed E-state index contributed by atoms with van der Waals surface area (Å²) in [7, 11) is 0. The summed E-state index contributed by atoms with van der Waals surface area (Å²) < 4.78 is 0. The van der Waals surface area contributed by atoms with Crippen LogP contribution in [-0.4, -0.2) is 24.7 Å². The van der Waals surface area contributed by atoms with Crippen molar-refractivity contribution in [2.24, 2.45) is 23.3 Å². The van der Waals surface area contributed by atoms with Gasteiger partial charge in [-0.05, 0) is 72.2 Å². The lowest BCUT2D eigenvalue weighted by Gasteiger charge is -2.22. The van der Waals surface area contributed by atoms with Crippen LogP contribution in [0.1, 0.15) is 81.0 Å². The first-order valence-electron chi connectivity index (χ1n) is 12.5.